The van der Waals surface area contributed by atoms with Gasteiger partial charge in [0, 0.05) is 5.56 Å². The SMILES string of the molecule is CC[NH+](CC)CCN1C(=O)C(=O)C(=C(O)c2ccc(C)cc2)[C@@H]1c1ccc(C)cc1. The maximum atomic E-state index is 13.0. The van der Waals surface area contributed by atoms with Crippen LogP contribution in [0.25, 0.3) is 5.76 Å². The minimum Gasteiger partial charge on any atom is -0.507 e. The van der Waals surface area contributed by atoms with Gasteiger partial charge in [-0.05, 0) is 33.3 Å². The molecule has 1 fully saturated rings. The number of carbonyl (C=O) groups is 2. The van der Waals surface area contributed by atoms with Gasteiger partial charge in [-0.1, -0.05) is 59.7 Å². The van der Waals surface area contributed by atoms with E-state index in [1.807, 2.05) is 50.2 Å². The normalized spacial score (nSPS) is 18.4. The minimum atomic E-state index is -0.617. The molecule has 1 heterocycles. The molecule has 0 saturated carbocycles. The van der Waals surface area contributed by atoms with Crippen LogP contribution in [0.15, 0.2) is 54.1 Å². The average Bonchev–Trinajstić information content (AvgIpc) is 3.00. The quantitative estimate of drug-likeness (QED) is 0.421. The Kier molecular flexibility index (Phi) is 6.73. The highest BCUT2D eigenvalue weighted by Gasteiger charge is 2.46. The zero-order chi connectivity index (χ0) is 21.8. The van der Waals surface area contributed by atoms with Crippen molar-refractivity contribution >= 4 is 17.4 Å². The molecule has 158 valence electrons. The number of aliphatic hydroxyl groups is 1. The van der Waals surface area contributed by atoms with Gasteiger partial charge in [-0.3, -0.25) is 9.59 Å². The van der Waals surface area contributed by atoms with Crippen LogP contribution in [0.2, 0.25) is 0 Å². The number of ketones is 1. The highest BCUT2D eigenvalue weighted by Crippen LogP contribution is 2.39. The summed E-state index contributed by atoms with van der Waals surface area (Å²) in [5.41, 5.74) is 3.71. The number of benzene rings is 2. The molecule has 0 aromatic heterocycles. The molecule has 5 nitrogen and oxygen atoms in total. The van der Waals surface area contributed by atoms with Crippen molar-refractivity contribution in [3.05, 3.63) is 76.4 Å². The average molecular weight is 408 g/mol. The summed E-state index contributed by atoms with van der Waals surface area (Å²) in [6.45, 7) is 11.3. The summed E-state index contributed by atoms with van der Waals surface area (Å²) in [6, 6.07) is 14.6. The number of hydrogen-bond donors (Lipinski definition) is 2. The van der Waals surface area contributed by atoms with Crippen molar-refractivity contribution in [2.45, 2.75) is 33.7 Å². The van der Waals surface area contributed by atoms with Crippen LogP contribution in [0, 0.1) is 13.8 Å². The number of nitrogens with zero attached hydrogens (tertiary/aromatic N) is 1. The van der Waals surface area contributed by atoms with Crippen molar-refractivity contribution in [1.29, 1.82) is 0 Å². The predicted octanol–water partition coefficient (Wildman–Crippen LogP) is 2.65. The molecule has 1 aliphatic rings. The molecule has 0 unspecified atom stereocenters. The second-order valence-corrected chi connectivity index (χ2v) is 7.98. The fraction of sp³-hybridized carbons (Fsp3) is 0.360. The first kappa shape index (κ1) is 21.8. The van der Waals surface area contributed by atoms with Crippen molar-refractivity contribution in [1.82, 2.24) is 4.90 Å². The fourth-order valence-electron chi connectivity index (χ4n) is 3.95. The molecule has 5 heteroatoms. The molecular formula is C25H31N2O3+. The monoisotopic (exact) mass is 407 g/mol. The van der Waals surface area contributed by atoms with Gasteiger partial charge in [0.25, 0.3) is 11.7 Å². The number of aliphatic hydroxyl groups excluding tert-OH is 1. The summed E-state index contributed by atoms with van der Waals surface area (Å²) >= 11 is 0. The molecule has 2 N–H and O–H groups in total. The number of quaternary nitrogens is 1. The Hall–Kier alpha value is -2.92. The van der Waals surface area contributed by atoms with E-state index in [0.29, 0.717) is 12.1 Å². The number of likely N-dealkylation sites (tertiary alicyclic amines) is 1. The van der Waals surface area contributed by atoms with E-state index in [9.17, 15) is 14.7 Å². The van der Waals surface area contributed by atoms with Crippen molar-refractivity contribution in [3.63, 3.8) is 0 Å². The van der Waals surface area contributed by atoms with Crippen LogP contribution in [0.4, 0.5) is 0 Å². The third-order valence-corrected chi connectivity index (χ3v) is 5.96. The topological polar surface area (TPSA) is 62.0 Å². The lowest BCUT2D eigenvalue weighted by atomic mass is 9.94. The lowest BCUT2D eigenvalue weighted by molar-refractivity contribution is -0.895. The summed E-state index contributed by atoms with van der Waals surface area (Å²) in [5.74, 6) is -1.27. The Labute approximate surface area is 178 Å². The van der Waals surface area contributed by atoms with E-state index in [1.165, 1.54) is 4.90 Å². The lowest BCUT2D eigenvalue weighted by Gasteiger charge is -2.27. The fourth-order valence-corrected chi connectivity index (χ4v) is 3.95. The maximum Gasteiger partial charge on any atom is 0.295 e. The summed E-state index contributed by atoms with van der Waals surface area (Å²) in [7, 11) is 0. The summed E-state index contributed by atoms with van der Waals surface area (Å²) < 4.78 is 0. The third-order valence-electron chi connectivity index (χ3n) is 5.96. The van der Waals surface area contributed by atoms with Crippen LogP contribution in [0.3, 0.4) is 0 Å². The Balaban J connectivity index is 2.08. The van der Waals surface area contributed by atoms with Crippen LogP contribution in [-0.2, 0) is 9.59 Å². The number of carbonyl (C=O) groups excluding carboxylic acids is 2. The van der Waals surface area contributed by atoms with Crippen LogP contribution >= 0.6 is 0 Å². The Bertz CT molecular complexity index is 941. The molecule has 1 saturated heterocycles. The first-order chi connectivity index (χ1) is 14.4. The van der Waals surface area contributed by atoms with Gasteiger partial charge in [0.15, 0.2) is 0 Å². The largest absolute Gasteiger partial charge is 0.507 e. The molecule has 0 spiro atoms. The van der Waals surface area contributed by atoms with Crippen LogP contribution < -0.4 is 4.90 Å². The van der Waals surface area contributed by atoms with E-state index in [-0.39, 0.29) is 11.3 Å². The molecule has 0 aliphatic carbocycles. The minimum absolute atomic E-state index is 0.114. The molecule has 1 aliphatic heterocycles. The summed E-state index contributed by atoms with van der Waals surface area (Å²) in [6.07, 6.45) is 0. The first-order valence-electron chi connectivity index (χ1n) is 10.6. The smallest absolute Gasteiger partial charge is 0.295 e. The van der Waals surface area contributed by atoms with Gasteiger partial charge < -0.3 is 14.9 Å². The third kappa shape index (κ3) is 4.31. The number of nitrogens with one attached hydrogen (secondary N) is 1. The van der Waals surface area contributed by atoms with Gasteiger partial charge in [0.05, 0.1) is 37.8 Å². The number of amides is 1. The van der Waals surface area contributed by atoms with Crippen molar-refractivity contribution in [2.24, 2.45) is 0 Å². The Morgan fingerprint density at radius 2 is 1.47 bits per heavy atom. The van der Waals surface area contributed by atoms with E-state index in [0.717, 1.165) is 36.3 Å². The first-order valence-corrected chi connectivity index (χ1v) is 10.6. The van der Waals surface area contributed by atoms with Gasteiger partial charge >= 0.3 is 0 Å². The number of rotatable bonds is 7. The molecule has 2 aromatic rings. The Morgan fingerprint density at radius 1 is 0.933 bits per heavy atom. The van der Waals surface area contributed by atoms with Crippen molar-refractivity contribution in [2.75, 3.05) is 26.2 Å². The summed E-state index contributed by atoms with van der Waals surface area (Å²) in [5, 5.41) is 11.0. The van der Waals surface area contributed by atoms with Crippen LogP contribution in [0.5, 0.6) is 0 Å². The van der Waals surface area contributed by atoms with Crippen molar-refractivity contribution in [3.8, 4) is 0 Å². The van der Waals surface area contributed by atoms with Gasteiger partial charge in [-0.25, -0.2) is 0 Å². The van der Waals surface area contributed by atoms with E-state index in [4.69, 9.17) is 0 Å². The standard InChI is InChI=1S/C25H30N2O3/c1-5-26(6-2)15-16-27-22(19-11-7-17(3)8-12-19)21(24(29)25(27)30)23(28)20-13-9-18(4)10-14-20/h7-14,22,28H,5-6,15-16H2,1-4H3/p+1/t22-/m0/s1. The molecule has 0 bridgehead atoms. The maximum absolute atomic E-state index is 13.0. The highest BCUT2D eigenvalue weighted by molar-refractivity contribution is 6.46. The number of aryl methyl sites for hydroxylation is 2. The van der Waals surface area contributed by atoms with Gasteiger partial charge in [0.2, 0.25) is 0 Å². The molecule has 1 amide bonds. The van der Waals surface area contributed by atoms with Crippen molar-refractivity contribution < 1.29 is 19.6 Å². The van der Waals surface area contributed by atoms with E-state index >= 15 is 0 Å². The molecule has 2 aromatic carbocycles. The number of hydrogen-bond acceptors (Lipinski definition) is 3. The van der Waals surface area contributed by atoms with Crippen LogP contribution in [-0.4, -0.2) is 47.9 Å². The summed E-state index contributed by atoms with van der Waals surface area (Å²) in [4.78, 5) is 29.0. The zero-order valence-electron chi connectivity index (χ0n) is 18.2. The molecular weight excluding hydrogens is 376 g/mol. The second-order valence-electron chi connectivity index (χ2n) is 7.98. The van der Waals surface area contributed by atoms with E-state index < -0.39 is 17.7 Å². The van der Waals surface area contributed by atoms with Gasteiger partial charge in [-0.15, -0.1) is 0 Å². The lowest BCUT2D eigenvalue weighted by Crippen LogP contribution is -3.12. The van der Waals surface area contributed by atoms with Crippen LogP contribution in [0.1, 0.15) is 42.1 Å². The van der Waals surface area contributed by atoms with Gasteiger partial charge in [0.1, 0.15) is 5.76 Å². The number of Topliss-reactive ketones (excluding diaryl/α,β-unsaturated/α-hetero) is 1. The molecule has 0 radical (unpaired) electrons. The number of likely N-dealkylation sites (N-methyl/N-ethyl adjacent to an activating group) is 1. The molecule has 3 rings (SSSR count). The molecule has 1 atom stereocenters. The Morgan fingerprint density at radius 3 is 2.00 bits per heavy atom. The second kappa shape index (κ2) is 9.26. The molecule has 30 heavy (non-hydrogen) atoms. The van der Waals surface area contributed by atoms with E-state index in [1.54, 1.807) is 17.0 Å². The predicted molar refractivity (Wildman–Crippen MR) is 118 cm³/mol. The van der Waals surface area contributed by atoms with Gasteiger partial charge in [-0.2, -0.15) is 0 Å². The zero-order valence-corrected chi connectivity index (χ0v) is 18.2. The van der Waals surface area contributed by atoms with E-state index in [2.05, 4.69) is 13.8 Å². The highest BCUT2D eigenvalue weighted by atomic mass is 16.3.